The molecule has 0 aromatic heterocycles. The molecule has 0 radical (unpaired) electrons. The summed E-state index contributed by atoms with van der Waals surface area (Å²) in [6.45, 7) is 4.87. The Bertz CT molecular complexity index is 52.5. The van der Waals surface area contributed by atoms with E-state index in [1.54, 1.807) is 0 Å². The summed E-state index contributed by atoms with van der Waals surface area (Å²) >= 11 is 0. The maximum absolute atomic E-state index is 5.51. The molecule has 0 aliphatic rings. The Labute approximate surface area is 51.2 Å². The van der Waals surface area contributed by atoms with Gasteiger partial charge in [-0.15, -0.1) is 0 Å². The summed E-state index contributed by atoms with van der Waals surface area (Å²) in [5.41, 5.74) is 10.9. The van der Waals surface area contributed by atoms with E-state index in [0.29, 0.717) is 12.0 Å². The van der Waals surface area contributed by atoms with Crippen LogP contribution in [0.3, 0.4) is 0 Å². The van der Waals surface area contributed by atoms with E-state index in [1.807, 2.05) is 6.92 Å². The fourth-order valence-corrected chi connectivity index (χ4v) is 0.731. The average Bonchev–Trinajstić information content (AvgIpc) is 1.65. The molecule has 1 unspecified atom stereocenters. The molecule has 0 aliphatic heterocycles. The van der Waals surface area contributed by atoms with Gasteiger partial charge in [0.2, 0.25) is 0 Å². The number of nitrogens with two attached hydrogens (primary N) is 2. The lowest BCUT2D eigenvalue weighted by Gasteiger charge is -2.09. The van der Waals surface area contributed by atoms with Crippen molar-refractivity contribution in [2.24, 2.45) is 17.4 Å². The van der Waals surface area contributed by atoms with Crippen LogP contribution >= 0.6 is 0 Å². The maximum atomic E-state index is 5.51. The second kappa shape index (κ2) is 3.87. The van der Waals surface area contributed by atoms with Crippen LogP contribution < -0.4 is 11.5 Å². The summed E-state index contributed by atoms with van der Waals surface area (Å²) in [7, 11) is 0. The summed E-state index contributed by atoms with van der Waals surface area (Å²) in [6.07, 6.45) is 1.04. The highest BCUT2D eigenvalue weighted by atomic mass is 14.6. The molecule has 50 valence electrons. The lowest BCUT2D eigenvalue weighted by Crippen LogP contribution is -2.22. The van der Waals surface area contributed by atoms with E-state index in [2.05, 4.69) is 6.92 Å². The van der Waals surface area contributed by atoms with Crippen molar-refractivity contribution < 1.29 is 0 Å². The van der Waals surface area contributed by atoms with Crippen LogP contribution in [0.15, 0.2) is 0 Å². The highest BCUT2D eigenvalue weighted by Crippen LogP contribution is 2.00. The molecule has 0 fully saturated rings. The fraction of sp³-hybridized carbons (Fsp3) is 1.00. The van der Waals surface area contributed by atoms with Gasteiger partial charge in [0, 0.05) is 6.04 Å². The van der Waals surface area contributed by atoms with Crippen LogP contribution in [-0.2, 0) is 0 Å². The van der Waals surface area contributed by atoms with E-state index in [-0.39, 0.29) is 0 Å². The first-order valence-corrected chi connectivity index (χ1v) is 3.12. The zero-order chi connectivity index (χ0) is 6.57. The third-order valence-corrected chi connectivity index (χ3v) is 1.18. The molecular weight excluding hydrogens is 100 g/mol. The van der Waals surface area contributed by atoms with Crippen molar-refractivity contribution in [1.82, 2.24) is 0 Å². The fourth-order valence-electron chi connectivity index (χ4n) is 0.731. The first kappa shape index (κ1) is 7.92. The number of hydrogen-bond acceptors (Lipinski definition) is 2. The summed E-state index contributed by atoms with van der Waals surface area (Å²) in [6, 6.07) is 0.300. The van der Waals surface area contributed by atoms with Gasteiger partial charge >= 0.3 is 0 Å². The van der Waals surface area contributed by atoms with Gasteiger partial charge in [-0.25, -0.2) is 0 Å². The number of rotatable bonds is 3. The summed E-state index contributed by atoms with van der Waals surface area (Å²) < 4.78 is 0. The Balaban J connectivity index is 3.10. The predicted molar refractivity (Wildman–Crippen MR) is 36.5 cm³/mol. The summed E-state index contributed by atoms with van der Waals surface area (Å²) in [4.78, 5) is 0. The van der Waals surface area contributed by atoms with Crippen LogP contribution in [0.2, 0.25) is 0 Å². The molecule has 0 rings (SSSR count). The van der Waals surface area contributed by atoms with Gasteiger partial charge < -0.3 is 11.5 Å². The second-order valence-corrected chi connectivity index (χ2v) is 2.55. The molecule has 0 spiro atoms. The quantitative estimate of drug-likeness (QED) is 0.558. The summed E-state index contributed by atoms with van der Waals surface area (Å²) in [5, 5.41) is 0. The predicted octanol–water partition coefficient (Wildman–Crippen LogP) is 0.319. The van der Waals surface area contributed by atoms with Gasteiger partial charge in [0.15, 0.2) is 0 Å². The molecule has 2 atom stereocenters. The van der Waals surface area contributed by atoms with E-state index in [4.69, 9.17) is 11.5 Å². The molecule has 4 N–H and O–H groups in total. The van der Waals surface area contributed by atoms with Crippen molar-refractivity contribution in [2.75, 3.05) is 6.54 Å². The van der Waals surface area contributed by atoms with E-state index in [1.165, 1.54) is 0 Å². The van der Waals surface area contributed by atoms with Crippen LogP contribution in [-0.4, -0.2) is 12.6 Å². The largest absolute Gasteiger partial charge is 0.330 e. The van der Waals surface area contributed by atoms with Crippen molar-refractivity contribution in [3.8, 4) is 0 Å². The lowest BCUT2D eigenvalue weighted by atomic mass is 10.0. The highest BCUT2D eigenvalue weighted by molar-refractivity contribution is 4.59. The van der Waals surface area contributed by atoms with Gasteiger partial charge in [-0.1, -0.05) is 6.92 Å². The molecule has 0 saturated heterocycles. The average molecular weight is 116 g/mol. The van der Waals surface area contributed by atoms with Crippen molar-refractivity contribution in [2.45, 2.75) is 26.3 Å². The molecule has 0 amide bonds. The first-order valence-electron chi connectivity index (χ1n) is 3.12. The van der Waals surface area contributed by atoms with E-state index in [0.717, 1.165) is 13.0 Å². The standard InChI is InChI=1S/C6H16N2/c1-5(4-7)3-6(2)8/h5-6H,3-4,7-8H2,1-2H3/t5?,6-/m0/s1. The molecule has 0 saturated carbocycles. The molecule has 0 aliphatic carbocycles. The van der Waals surface area contributed by atoms with Crippen LogP contribution in [0, 0.1) is 5.92 Å². The van der Waals surface area contributed by atoms with Crippen LogP contribution in [0.25, 0.3) is 0 Å². The Hall–Kier alpha value is -0.0800. The lowest BCUT2D eigenvalue weighted by molar-refractivity contribution is 0.491. The molecule has 0 aromatic rings. The minimum atomic E-state index is 0.300. The summed E-state index contributed by atoms with van der Waals surface area (Å²) in [5.74, 6) is 0.579. The smallest absolute Gasteiger partial charge is 0.00134 e. The van der Waals surface area contributed by atoms with Crippen LogP contribution in [0.5, 0.6) is 0 Å². The second-order valence-electron chi connectivity index (χ2n) is 2.55. The Morgan fingerprint density at radius 1 is 1.38 bits per heavy atom. The van der Waals surface area contributed by atoms with Crippen molar-refractivity contribution in [1.29, 1.82) is 0 Å². The van der Waals surface area contributed by atoms with Gasteiger partial charge in [-0.3, -0.25) is 0 Å². The minimum Gasteiger partial charge on any atom is -0.330 e. The third-order valence-electron chi connectivity index (χ3n) is 1.18. The normalized spacial score (nSPS) is 18.0. The molecule has 2 nitrogen and oxygen atoms in total. The molecule has 0 bridgehead atoms. The molecule has 8 heavy (non-hydrogen) atoms. The maximum Gasteiger partial charge on any atom is 0.00134 e. The van der Waals surface area contributed by atoms with Gasteiger partial charge in [-0.05, 0) is 25.8 Å². The molecule has 2 heteroatoms. The van der Waals surface area contributed by atoms with Gasteiger partial charge in [0.25, 0.3) is 0 Å². The first-order chi connectivity index (χ1) is 3.66. The zero-order valence-corrected chi connectivity index (χ0v) is 5.72. The Kier molecular flexibility index (Phi) is 3.83. The molecule has 0 heterocycles. The molecule has 0 aromatic carbocycles. The van der Waals surface area contributed by atoms with E-state index < -0.39 is 0 Å². The number of hydrogen-bond donors (Lipinski definition) is 2. The van der Waals surface area contributed by atoms with Crippen molar-refractivity contribution >= 4 is 0 Å². The van der Waals surface area contributed by atoms with Crippen molar-refractivity contribution in [3.05, 3.63) is 0 Å². The highest BCUT2D eigenvalue weighted by Gasteiger charge is 2.00. The Morgan fingerprint density at radius 2 is 1.88 bits per heavy atom. The van der Waals surface area contributed by atoms with Gasteiger partial charge in [-0.2, -0.15) is 0 Å². The van der Waals surface area contributed by atoms with E-state index in [9.17, 15) is 0 Å². The monoisotopic (exact) mass is 116 g/mol. The Morgan fingerprint density at radius 3 is 2.00 bits per heavy atom. The zero-order valence-electron chi connectivity index (χ0n) is 5.72. The third kappa shape index (κ3) is 4.09. The SMILES string of the molecule is CC(CN)C[C@H](C)N. The van der Waals surface area contributed by atoms with Crippen LogP contribution in [0.4, 0.5) is 0 Å². The topological polar surface area (TPSA) is 52.0 Å². The van der Waals surface area contributed by atoms with Gasteiger partial charge in [0.1, 0.15) is 0 Å². The van der Waals surface area contributed by atoms with Crippen molar-refractivity contribution in [3.63, 3.8) is 0 Å². The van der Waals surface area contributed by atoms with E-state index >= 15 is 0 Å². The van der Waals surface area contributed by atoms with Crippen LogP contribution in [0.1, 0.15) is 20.3 Å². The van der Waals surface area contributed by atoms with Gasteiger partial charge in [0.05, 0.1) is 0 Å². The minimum absolute atomic E-state index is 0.300. The molecular formula is C6H16N2.